The fourth-order valence-corrected chi connectivity index (χ4v) is 1.46. The van der Waals surface area contributed by atoms with Crippen molar-refractivity contribution in [3.8, 4) is 0 Å². The summed E-state index contributed by atoms with van der Waals surface area (Å²) in [6.07, 6.45) is 5.36. The SMILES string of the molecule is CCC(=CN)C(=O)ON1CCCCC1. The molecule has 4 nitrogen and oxygen atoms in total. The highest BCUT2D eigenvalue weighted by Gasteiger charge is 2.16. The average Bonchev–Trinajstić information content (AvgIpc) is 2.21. The summed E-state index contributed by atoms with van der Waals surface area (Å²) >= 11 is 0. The second kappa shape index (κ2) is 5.65. The summed E-state index contributed by atoms with van der Waals surface area (Å²) < 4.78 is 0. The Bertz CT molecular complexity index is 220. The molecule has 0 amide bonds. The maximum absolute atomic E-state index is 11.5. The summed E-state index contributed by atoms with van der Waals surface area (Å²) in [4.78, 5) is 16.6. The van der Waals surface area contributed by atoms with Gasteiger partial charge in [0.1, 0.15) is 0 Å². The number of hydroxylamine groups is 2. The summed E-state index contributed by atoms with van der Waals surface area (Å²) in [5, 5.41) is 1.73. The van der Waals surface area contributed by atoms with Crippen molar-refractivity contribution in [2.45, 2.75) is 32.6 Å². The van der Waals surface area contributed by atoms with Crippen LogP contribution >= 0.6 is 0 Å². The first-order valence-corrected chi connectivity index (χ1v) is 5.16. The highest BCUT2D eigenvalue weighted by atomic mass is 16.7. The van der Waals surface area contributed by atoms with Gasteiger partial charge in [-0.2, -0.15) is 0 Å². The van der Waals surface area contributed by atoms with Gasteiger partial charge in [-0.1, -0.05) is 13.3 Å². The van der Waals surface area contributed by atoms with Crippen LogP contribution in [0.15, 0.2) is 11.8 Å². The standard InChI is InChI=1S/C10H18N2O2/c1-2-9(8-11)10(13)14-12-6-4-3-5-7-12/h8H,2-7,11H2,1H3. The minimum Gasteiger partial charge on any atom is -0.404 e. The van der Waals surface area contributed by atoms with Gasteiger partial charge in [0.25, 0.3) is 0 Å². The van der Waals surface area contributed by atoms with Crippen molar-refractivity contribution in [2.75, 3.05) is 13.1 Å². The molecule has 0 aliphatic carbocycles. The number of nitrogens with zero attached hydrogens (tertiary/aromatic N) is 1. The fourth-order valence-electron chi connectivity index (χ4n) is 1.46. The van der Waals surface area contributed by atoms with Crippen molar-refractivity contribution in [3.63, 3.8) is 0 Å². The molecule has 1 heterocycles. The molecule has 0 unspecified atom stereocenters. The molecule has 0 radical (unpaired) electrons. The number of carbonyl (C=O) groups is 1. The Morgan fingerprint density at radius 3 is 2.57 bits per heavy atom. The molecule has 1 rings (SSSR count). The van der Waals surface area contributed by atoms with E-state index in [2.05, 4.69) is 0 Å². The molecular formula is C10H18N2O2. The van der Waals surface area contributed by atoms with Crippen LogP contribution in [0.2, 0.25) is 0 Å². The van der Waals surface area contributed by atoms with Crippen LogP contribution in [0, 0.1) is 0 Å². The predicted octanol–water partition coefficient (Wildman–Crippen LogP) is 1.18. The van der Waals surface area contributed by atoms with Gasteiger partial charge < -0.3 is 10.6 Å². The Balaban J connectivity index is 2.38. The normalized spacial score (nSPS) is 19.4. The number of carbonyl (C=O) groups excluding carboxylic acids is 1. The summed E-state index contributed by atoms with van der Waals surface area (Å²) in [6, 6.07) is 0. The quantitative estimate of drug-likeness (QED) is 0.692. The Labute approximate surface area is 84.7 Å². The number of hydrogen-bond acceptors (Lipinski definition) is 4. The van der Waals surface area contributed by atoms with E-state index in [0.29, 0.717) is 12.0 Å². The maximum atomic E-state index is 11.5. The van der Waals surface area contributed by atoms with E-state index >= 15 is 0 Å². The van der Waals surface area contributed by atoms with E-state index in [4.69, 9.17) is 10.6 Å². The van der Waals surface area contributed by atoms with Gasteiger partial charge >= 0.3 is 5.97 Å². The largest absolute Gasteiger partial charge is 0.404 e. The summed E-state index contributed by atoms with van der Waals surface area (Å²) in [7, 11) is 0. The second-order valence-electron chi connectivity index (χ2n) is 3.41. The molecule has 1 aliphatic heterocycles. The molecule has 2 N–H and O–H groups in total. The first kappa shape index (κ1) is 11.0. The lowest BCUT2D eigenvalue weighted by molar-refractivity contribution is -0.189. The first-order chi connectivity index (χ1) is 6.77. The van der Waals surface area contributed by atoms with Crippen molar-refractivity contribution in [3.05, 3.63) is 11.8 Å². The predicted molar refractivity (Wildman–Crippen MR) is 54.1 cm³/mol. The maximum Gasteiger partial charge on any atom is 0.354 e. The first-order valence-electron chi connectivity index (χ1n) is 5.16. The molecule has 80 valence electrons. The lowest BCUT2D eigenvalue weighted by atomic mass is 10.2. The van der Waals surface area contributed by atoms with Gasteiger partial charge in [-0.05, 0) is 19.3 Å². The number of piperidine rings is 1. The van der Waals surface area contributed by atoms with Crippen LogP contribution in [0.3, 0.4) is 0 Å². The summed E-state index contributed by atoms with van der Waals surface area (Å²) in [6.45, 7) is 3.57. The van der Waals surface area contributed by atoms with E-state index in [1.54, 1.807) is 5.06 Å². The molecule has 4 heteroatoms. The summed E-state index contributed by atoms with van der Waals surface area (Å²) in [5.74, 6) is -0.308. The molecule has 0 bridgehead atoms. The van der Waals surface area contributed by atoms with E-state index in [0.717, 1.165) is 25.9 Å². The lowest BCUT2D eigenvalue weighted by Gasteiger charge is -2.24. The van der Waals surface area contributed by atoms with E-state index in [9.17, 15) is 4.79 Å². The second-order valence-corrected chi connectivity index (χ2v) is 3.41. The van der Waals surface area contributed by atoms with Gasteiger partial charge in [-0.3, -0.25) is 0 Å². The Kier molecular flexibility index (Phi) is 4.46. The van der Waals surface area contributed by atoms with Crippen molar-refractivity contribution in [1.29, 1.82) is 0 Å². The van der Waals surface area contributed by atoms with E-state index < -0.39 is 0 Å². The molecule has 14 heavy (non-hydrogen) atoms. The van der Waals surface area contributed by atoms with Gasteiger partial charge in [-0.25, -0.2) is 4.79 Å². The minimum absolute atomic E-state index is 0.308. The Hall–Kier alpha value is -1.03. The number of hydrogen-bond donors (Lipinski definition) is 1. The van der Waals surface area contributed by atoms with E-state index in [1.807, 2.05) is 6.92 Å². The van der Waals surface area contributed by atoms with Crippen LogP contribution in [0.1, 0.15) is 32.6 Å². The van der Waals surface area contributed by atoms with Crippen LogP contribution in [0.25, 0.3) is 0 Å². The fraction of sp³-hybridized carbons (Fsp3) is 0.700. The highest BCUT2D eigenvalue weighted by Crippen LogP contribution is 2.11. The van der Waals surface area contributed by atoms with Crippen LogP contribution in [0.4, 0.5) is 0 Å². The third-order valence-electron chi connectivity index (χ3n) is 2.37. The zero-order valence-electron chi connectivity index (χ0n) is 8.66. The molecule has 1 aliphatic rings. The van der Waals surface area contributed by atoms with Crippen molar-refractivity contribution < 1.29 is 9.63 Å². The van der Waals surface area contributed by atoms with E-state index in [-0.39, 0.29) is 5.97 Å². The number of nitrogens with two attached hydrogens (primary N) is 1. The average molecular weight is 198 g/mol. The third-order valence-corrected chi connectivity index (χ3v) is 2.37. The monoisotopic (exact) mass is 198 g/mol. The van der Waals surface area contributed by atoms with Crippen molar-refractivity contribution >= 4 is 5.97 Å². The summed E-state index contributed by atoms with van der Waals surface area (Å²) in [5.41, 5.74) is 5.85. The van der Waals surface area contributed by atoms with Crippen molar-refractivity contribution in [2.24, 2.45) is 5.73 Å². The molecule has 0 saturated carbocycles. The molecule has 0 aromatic rings. The van der Waals surface area contributed by atoms with Crippen LogP contribution in [0.5, 0.6) is 0 Å². The van der Waals surface area contributed by atoms with Crippen LogP contribution < -0.4 is 5.73 Å². The van der Waals surface area contributed by atoms with Gasteiger partial charge in [0.2, 0.25) is 0 Å². The molecule has 1 fully saturated rings. The third kappa shape index (κ3) is 3.03. The Morgan fingerprint density at radius 2 is 2.07 bits per heavy atom. The Morgan fingerprint density at radius 1 is 1.43 bits per heavy atom. The lowest BCUT2D eigenvalue weighted by Crippen LogP contribution is -2.32. The van der Waals surface area contributed by atoms with Crippen molar-refractivity contribution in [1.82, 2.24) is 5.06 Å². The molecule has 0 aromatic heterocycles. The van der Waals surface area contributed by atoms with Gasteiger partial charge in [-0.15, -0.1) is 5.06 Å². The van der Waals surface area contributed by atoms with E-state index in [1.165, 1.54) is 12.6 Å². The molecule has 1 saturated heterocycles. The van der Waals surface area contributed by atoms with Crippen LogP contribution in [-0.4, -0.2) is 24.1 Å². The molecule has 0 atom stereocenters. The minimum atomic E-state index is -0.308. The van der Waals surface area contributed by atoms with Gasteiger partial charge in [0.15, 0.2) is 0 Å². The van der Waals surface area contributed by atoms with Gasteiger partial charge in [0.05, 0.1) is 5.57 Å². The van der Waals surface area contributed by atoms with Gasteiger partial charge in [0, 0.05) is 19.3 Å². The smallest absolute Gasteiger partial charge is 0.354 e. The highest BCUT2D eigenvalue weighted by molar-refractivity contribution is 5.87. The topological polar surface area (TPSA) is 55.6 Å². The molecule has 0 aromatic carbocycles. The number of rotatable bonds is 3. The molecule has 0 spiro atoms. The zero-order chi connectivity index (χ0) is 10.4. The zero-order valence-corrected chi connectivity index (χ0v) is 8.66. The van der Waals surface area contributed by atoms with Crippen LogP contribution in [-0.2, 0) is 9.63 Å². The molecular weight excluding hydrogens is 180 g/mol.